The van der Waals surface area contributed by atoms with E-state index in [4.69, 9.17) is 16.3 Å². The summed E-state index contributed by atoms with van der Waals surface area (Å²) >= 11 is 6.92. The first-order chi connectivity index (χ1) is 10.1. The van der Waals surface area contributed by atoms with Crippen molar-refractivity contribution in [3.8, 4) is 0 Å². The lowest BCUT2D eigenvalue weighted by Gasteiger charge is -2.18. The molecule has 0 saturated carbocycles. The summed E-state index contributed by atoms with van der Waals surface area (Å²) < 4.78 is 5.07. The number of urea groups is 1. The molecule has 0 aromatic carbocycles. The predicted molar refractivity (Wildman–Crippen MR) is 82.0 cm³/mol. The average Bonchev–Trinajstić information content (AvgIpc) is 2.86. The minimum Gasteiger partial charge on any atom is -0.466 e. The van der Waals surface area contributed by atoms with Crippen LogP contribution in [0.3, 0.4) is 0 Å². The van der Waals surface area contributed by atoms with Crippen molar-refractivity contribution < 1.29 is 14.3 Å². The zero-order valence-corrected chi connectivity index (χ0v) is 13.4. The molecule has 116 valence electrons. The molecule has 0 spiro atoms. The Hall–Kier alpha value is -1.34. The maximum absolute atomic E-state index is 11.8. The summed E-state index contributed by atoms with van der Waals surface area (Å²) in [5.41, 5.74) is 0.966. The molecule has 0 bridgehead atoms. The number of esters is 1. The number of hydrogen-bond donors (Lipinski definition) is 2. The van der Waals surface area contributed by atoms with Gasteiger partial charge >= 0.3 is 12.0 Å². The monoisotopic (exact) mass is 331 g/mol. The number of carbonyl (C=O) groups excluding carboxylic acids is 2. The number of halogens is 1. The summed E-state index contributed by atoms with van der Waals surface area (Å²) in [6.45, 7) is 2.61. The topological polar surface area (TPSA) is 80.3 Å². The molecule has 2 N–H and O–H groups in total. The number of fused-ring (bicyclic) bond motifs is 1. The maximum atomic E-state index is 11.8. The number of nitrogens with one attached hydrogen (secondary N) is 2. The summed E-state index contributed by atoms with van der Waals surface area (Å²) in [4.78, 5) is 28.8. The van der Waals surface area contributed by atoms with Gasteiger partial charge in [0.05, 0.1) is 18.2 Å². The molecule has 1 aliphatic carbocycles. The van der Waals surface area contributed by atoms with Crippen molar-refractivity contribution in [3.05, 3.63) is 10.6 Å². The molecular formula is C13H18ClN3O3S. The number of ether oxygens (including phenoxy) is 1. The first-order valence-electron chi connectivity index (χ1n) is 6.90. The maximum Gasteiger partial charge on any atom is 0.321 e. The molecule has 1 aromatic rings. The van der Waals surface area contributed by atoms with Crippen molar-refractivity contribution >= 4 is 40.1 Å². The van der Waals surface area contributed by atoms with Crippen LogP contribution in [-0.4, -0.2) is 36.0 Å². The standard InChI is InChI=1S/C13H18ClN3O3S/c1-2-20-11(18)8-3-4-9-10(7-8)21-13(16-9)17-12(19)15-6-5-14/h8H,2-7H2,1H3,(H2,15,16,17,19). The Kier molecular flexibility index (Phi) is 5.81. The van der Waals surface area contributed by atoms with Crippen LogP contribution in [0.25, 0.3) is 0 Å². The SMILES string of the molecule is CCOC(=O)C1CCc2nc(NC(=O)NCCCl)sc2C1. The van der Waals surface area contributed by atoms with Gasteiger partial charge in [-0.05, 0) is 26.2 Å². The average molecular weight is 332 g/mol. The Morgan fingerprint density at radius 3 is 3.05 bits per heavy atom. The zero-order valence-electron chi connectivity index (χ0n) is 11.8. The number of amides is 2. The summed E-state index contributed by atoms with van der Waals surface area (Å²) in [6.07, 6.45) is 2.12. The van der Waals surface area contributed by atoms with Gasteiger partial charge in [-0.1, -0.05) is 0 Å². The van der Waals surface area contributed by atoms with Crippen molar-refractivity contribution in [3.63, 3.8) is 0 Å². The Morgan fingerprint density at radius 1 is 1.52 bits per heavy atom. The van der Waals surface area contributed by atoms with Gasteiger partial charge in [-0.15, -0.1) is 22.9 Å². The number of nitrogens with zero attached hydrogens (tertiary/aromatic N) is 1. The van der Waals surface area contributed by atoms with Gasteiger partial charge in [-0.2, -0.15) is 0 Å². The number of alkyl halides is 1. The smallest absolute Gasteiger partial charge is 0.321 e. The van der Waals surface area contributed by atoms with Crippen molar-refractivity contribution in [2.45, 2.75) is 26.2 Å². The fourth-order valence-electron chi connectivity index (χ4n) is 2.19. The lowest BCUT2D eigenvalue weighted by molar-refractivity contribution is -0.148. The van der Waals surface area contributed by atoms with E-state index < -0.39 is 0 Å². The molecule has 6 nitrogen and oxygen atoms in total. The quantitative estimate of drug-likeness (QED) is 0.640. The third-order valence-corrected chi connectivity index (χ3v) is 4.38. The second kappa shape index (κ2) is 7.61. The molecule has 1 aromatic heterocycles. The van der Waals surface area contributed by atoms with E-state index >= 15 is 0 Å². The molecular weight excluding hydrogens is 314 g/mol. The first-order valence-corrected chi connectivity index (χ1v) is 8.25. The van der Waals surface area contributed by atoms with Crippen LogP contribution >= 0.6 is 22.9 Å². The Bertz CT molecular complexity index is 521. The zero-order chi connectivity index (χ0) is 15.2. The predicted octanol–water partition coefficient (Wildman–Crippen LogP) is 2.17. The number of thiazole rings is 1. The van der Waals surface area contributed by atoms with Crippen molar-refractivity contribution in [1.82, 2.24) is 10.3 Å². The van der Waals surface area contributed by atoms with E-state index in [1.54, 1.807) is 6.92 Å². The third kappa shape index (κ3) is 4.31. The summed E-state index contributed by atoms with van der Waals surface area (Å²) in [7, 11) is 0. The second-order valence-corrected chi connectivity index (χ2v) is 6.11. The van der Waals surface area contributed by atoms with Crippen LogP contribution in [0, 0.1) is 5.92 Å². The lowest BCUT2D eigenvalue weighted by atomic mass is 9.91. The van der Waals surface area contributed by atoms with Crippen LogP contribution in [0.4, 0.5) is 9.93 Å². The number of aryl methyl sites for hydroxylation is 1. The van der Waals surface area contributed by atoms with Gasteiger partial charge in [-0.25, -0.2) is 9.78 Å². The van der Waals surface area contributed by atoms with Gasteiger partial charge in [-0.3, -0.25) is 10.1 Å². The lowest BCUT2D eigenvalue weighted by Crippen LogP contribution is -2.30. The molecule has 0 fully saturated rings. The van der Waals surface area contributed by atoms with Crippen LogP contribution in [-0.2, 0) is 22.4 Å². The van der Waals surface area contributed by atoms with E-state index in [0.717, 1.165) is 23.4 Å². The van der Waals surface area contributed by atoms with Crippen LogP contribution < -0.4 is 10.6 Å². The fourth-order valence-corrected chi connectivity index (χ4v) is 3.37. The highest BCUT2D eigenvalue weighted by Gasteiger charge is 2.28. The van der Waals surface area contributed by atoms with E-state index in [2.05, 4.69) is 15.6 Å². The molecule has 1 atom stereocenters. The highest BCUT2D eigenvalue weighted by Crippen LogP contribution is 2.32. The van der Waals surface area contributed by atoms with Gasteiger partial charge in [0.25, 0.3) is 0 Å². The van der Waals surface area contributed by atoms with Gasteiger partial charge in [0, 0.05) is 17.3 Å². The van der Waals surface area contributed by atoms with Gasteiger partial charge in [0.1, 0.15) is 0 Å². The summed E-state index contributed by atoms with van der Waals surface area (Å²) in [6, 6.07) is -0.316. The normalized spacial score (nSPS) is 17.0. The van der Waals surface area contributed by atoms with Crippen LogP contribution in [0.2, 0.25) is 0 Å². The van der Waals surface area contributed by atoms with E-state index in [-0.39, 0.29) is 17.9 Å². The minimum absolute atomic E-state index is 0.101. The Labute approximate surface area is 132 Å². The molecule has 0 radical (unpaired) electrons. The second-order valence-electron chi connectivity index (χ2n) is 4.65. The van der Waals surface area contributed by atoms with Crippen molar-refractivity contribution in [2.75, 3.05) is 24.3 Å². The molecule has 1 unspecified atom stereocenters. The van der Waals surface area contributed by atoms with Crippen molar-refractivity contribution in [2.24, 2.45) is 5.92 Å². The van der Waals surface area contributed by atoms with Crippen LogP contribution in [0.1, 0.15) is 23.9 Å². The highest BCUT2D eigenvalue weighted by molar-refractivity contribution is 7.15. The molecule has 0 saturated heterocycles. The Morgan fingerprint density at radius 2 is 2.33 bits per heavy atom. The van der Waals surface area contributed by atoms with Crippen LogP contribution in [0.15, 0.2) is 0 Å². The molecule has 8 heteroatoms. The van der Waals surface area contributed by atoms with E-state index in [1.165, 1.54) is 11.3 Å². The van der Waals surface area contributed by atoms with Crippen LogP contribution in [0.5, 0.6) is 0 Å². The number of carbonyl (C=O) groups is 2. The van der Waals surface area contributed by atoms with Gasteiger partial charge in [0.15, 0.2) is 5.13 Å². The molecule has 0 aliphatic heterocycles. The number of rotatable bonds is 5. The van der Waals surface area contributed by atoms with E-state index in [1.807, 2.05) is 0 Å². The number of hydrogen-bond acceptors (Lipinski definition) is 5. The van der Waals surface area contributed by atoms with Crippen molar-refractivity contribution in [1.29, 1.82) is 0 Å². The van der Waals surface area contributed by atoms with Gasteiger partial charge in [0.2, 0.25) is 0 Å². The molecule has 2 amide bonds. The largest absolute Gasteiger partial charge is 0.466 e. The summed E-state index contributed by atoms with van der Waals surface area (Å²) in [5.74, 6) is 0.116. The van der Waals surface area contributed by atoms with Gasteiger partial charge < -0.3 is 10.1 Å². The van der Waals surface area contributed by atoms with E-state index in [9.17, 15) is 9.59 Å². The minimum atomic E-state index is -0.316. The molecule has 1 heterocycles. The molecule has 2 rings (SSSR count). The fraction of sp³-hybridized carbons (Fsp3) is 0.615. The number of aromatic nitrogens is 1. The highest BCUT2D eigenvalue weighted by atomic mass is 35.5. The third-order valence-electron chi connectivity index (χ3n) is 3.16. The molecule has 21 heavy (non-hydrogen) atoms. The first kappa shape index (κ1) is 16.0. The van der Waals surface area contributed by atoms with E-state index in [0.29, 0.717) is 30.6 Å². The Balaban J connectivity index is 1.96. The summed E-state index contributed by atoms with van der Waals surface area (Å²) in [5, 5.41) is 5.85. The molecule has 1 aliphatic rings. The number of anilines is 1.